The summed E-state index contributed by atoms with van der Waals surface area (Å²) in [7, 11) is 2.47. The van der Waals surface area contributed by atoms with Crippen molar-refractivity contribution in [1.29, 1.82) is 0 Å². The van der Waals surface area contributed by atoms with Crippen LogP contribution in [0.5, 0.6) is 17.2 Å². The Morgan fingerprint density at radius 2 is 1.95 bits per heavy atom. The summed E-state index contributed by atoms with van der Waals surface area (Å²) in [6, 6.07) is 1.11. The highest BCUT2D eigenvalue weighted by Crippen LogP contribution is 2.46. The zero-order chi connectivity index (χ0) is 14.0. The number of methoxy groups -OCH3 is 2. The van der Waals surface area contributed by atoms with Crippen LogP contribution in [0.3, 0.4) is 0 Å². The molecule has 0 radical (unpaired) electrons. The average molecular weight is 269 g/mol. The van der Waals surface area contributed by atoms with Crippen LogP contribution >= 0.6 is 0 Å². The van der Waals surface area contributed by atoms with Gasteiger partial charge in [0.1, 0.15) is 13.2 Å². The predicted molar refractivity (Wildman–Crippen MR) is 62.0 cm³/mol. The molecule has 0 spiro atoms. The second-order valence-corrected chi connectivity index (χ2v) is 3.58. The second kappa shape index (κ2) is 5.01. The van der Waals surface area contributed by atoms with Crippen molar-refractivity contribution in [2.45, 2.75) is 0 Å². The van der Waals surface area contributed by atoms with Crippen molar-refractivity contribution in [3.8, 4) is 17.2 Å². The lowest BCUT2D eigenvalue weighted by Crippen LogP contribution is -2.20. The normalized spacial score (nSPS) is 12.7. The fraction of sp³-hybridized carbons (Fsp3) is 0.364. The molecule has 1 aromatic rings. The van der Waals surface area contributed by atoms with Gasteiger partial charge in [0.15, 0.2) is 17.1 Å². The van der Waals surface area contributed by atoms with Gasteiger partial charge in [0.25, 0.3) is 5.69 Å². The fourth-order valence-corrected chi connectivity index (χ4v) is 1.76. The van der Waals surface area contributed by atoms with E-state index < -0.39 is 16.6 Å². The fourth-order valence-electron chi connectivity index (χ4n) is 1.76. The summed E-state index contributed by atoms with van der Waals surface area (Å²) in [6.07, 6.45) is 0. The van der Waals surface area contributed by atoms with Gasteiger partial charge >= 0.3 is 5.97 Å². The molecule has 0 amide bonds. The molecule has 19 heavy (non-hydrogen) atoms. The van der Waals surface area contributed by atoms with Crippen molar-refractivity contribution < 1.29 is 28.7 Å². The Labute approximate surface area is 108 Å². The van der Waals surface area contributed by atoms with E-state index in [0.29, 0.717) is 0 Å². The van der Waals surface area contributed by atoms with Gasteiger partial charge in [0.2, 0.25) is 5.75 Å². The molecule has 1 aliphatic rings. The van der Waals surface area contributed by atoms with E-state index in [2.05, 4.69) is 4.74 Å². The van der Waals surface area contributed by atoms with Crippen LogP contribution in [0.25, 0.3) is 0 Å². The Hall–Kier alpha value is -2.51. The standard InChI is InChI=1S/C11H11NO7/c1-16-7-5-6(12(14)15)8(11(13)17-2)10-9(7)18-3-4-19-10/h5H,3-4H2,1-2H3. The Kier molecular flexibility index (Phi) is 3.41. The average Bonchev–Trinajstić information content (AvgIpc) is 2.44. The molecule has 0 aromatic heterocycles. The van der Waals surface area contributed by atoms with Gasteiger partial charge in [-0.1, -0.05) is 0 Å². The third kappa shape index (κ3) is 2.12. The molecule has 0 saturated heterocycles. The molecule has 1 aromatic carbocycles. The predicted octanol–water partition coefficient (Wildman–Crippen LogP) is 1.16. The van der Waals surface area contributed by atoms with Crippen molar-refractivity contribution in [1.82, 2.24) is 0 Å². The molecular formula is C11H11NO7. The molecule has 0 fully saturated rings. The summed E-state index contributed by atoms with van der Waals surface area (Å²) >= 11 is 0. The molecule has 0 atom stereocenters. The molecule has 8 nitrogen and oxygen atoms in total. The van der Waals surface area contributed by atoms with E-state index in [4.69, 9.17) is 14.2 Å². The number of carbonyl (C=O) groups is 1. The lowest BCUT2D eigenvalue weighted by atomic mass is 10.1. The summed E-state index contributed by atoms with van der Waals surface area (Å²) in [5, 5.41) is 11.0. The van der Waals surface area contributed by atoms with Crippen LogP contribution in [0.1, 0.15) is 10.4 Å². The van der Waals surface area contributed by atoms with Crippen molar-refractivity contribution in [3.05, 3.63) is 21.7 Å². The van der Waals surface area contributed by atoms with Crippen LogP contribution < -0.4 is 14.2 Å². The van der Waals surface area contributed by atoms with E-state index in [1.165, 1.54) is 7.11 Å². The monoisotopic (exact) mass is 269 g/mol. The Bertz CT molecular complexity index is 540. The molecule has 0 N–H and O–H groups in total. The van der Waals surface area contributed by atoms with Crippen LogP contribution in [0, 0.1) is 10.1 Å². The third-order valence-corrected chi connectivity index (χ3v) is 2.56. The topological polar surface area (TPSA) is 97.1 Å². The molecule has 0 unspecified atom stereocenters. The van der Waals surface area contributed by atoms with Crippen LogP contribution in [0.15, 0.2) is 6.07 Å². The molecule has 8 heteroatoms. The van der Waals surface area contributed by atoms with Gasteiger partial charge in [0, 0.05) is 0 Å². The van der Waals surface area contributed by atoms with E-state index in [9.17, 15) is 14.9 Å². The lowest BCUT2D eigenvalue weighted by molar-refractivity contribution is -0.385. The summed E-state index contributed by atoms with van der Waals surface area (Å²) in [6.45, 7) is 0.448. The highest BCUT2D eigenvalue weighted by atomic mass is 16.6. The van der Waals surface area contributed by atoms with E-state index in [1.807, 2.05) is 0 Å². The minimum absolute atomic E-state index is 0.0239. The number of esters is 1. The number of fused-ring (bicyclic) bond motifs is 1. The van der Waals surface area contributed by atoms with E-state index in [-0.39, 0.29) is 36.0 Å². The highest BCUT2D eigenvalue weighted by Gasteiger charge is 2.34. The summed E-state index contributed by atoms with van der Waals surface area (Å²) in [5.41, 5.74) is -0.726. The van der Waals surface area contributed by atoms with Crippen molar-refractivity contribution >= 4 is 11.7 Å². The number of hydrogen-bond acceptors (Lipinski definition) is 7. The van der Waals surface area contributed by atoms with Gasteiger partial charge in [-0.25, -0.2) is 4.79 Å². The summed E-state index contributed by atoms with van der Waals surface area (Å²) in [4.78, 5) is 22.0. The molecule has 1 aliphatic heterocycles. The first-order valence-corrected chi connectivity index (χ1v) is 5.33. The zero-order valence-electron chi connectivity index (χ0n) is 10.3. The Balaban J connectivity index is 2.74. The summed E-state index contributed by atoms with van der Waals surface area (Å²) < 4.78 is 20.2. The molecule has 0 saturated carbocycles. The number of benzene rings is 1. The molecule has 102 valence electrons. The molecular weight excluding hydrogens is 258 g/mol. The molecule has 1 heterocycles. The van der Waals surface area contributed by atoms with Crippen LogP contribution in [-0.4, -0.2) is 38.3 Å². The van der Waals surface area contributed by atoms with Crippen molar-refractivity contribution in [2.24, 2.45) is 0 Å². The van der Waals surface area contributed by atoms with Gasteiger partial charge in [-0.15, -0.1) is 0 Å². The van der Waals surface area contributed by atoms with Crippen LogP contribution in [0.2, 0.25) is 0 Å². The number of nitro benzene ring substituents is 1. The Morgan fingerprint density at radius 1 is 1.32 bits per heavy atom. The minimum atomic E-state index is -0.865. The van der Waals surface area contributed by atoms with Crippen molar-refractivity contribution in [2.75, 3.05) is 27.4 Å². The number of rotatable bonds is 3. The number of ether oxygens (including phenoxy) is 4. The number of nitrogens with zero attached hydrogens (tertiary/aromatic N) is 1. The van der Waals surface area contributed by atoms with Gasteiger partial charge in [-0.2, -0.15) is 0 Å². The second-order valence-electron chi connectivity index (χ2n) is 3.58. The van der Waals surface area contributed by atoms with Crippen LogP contribution in [0.4, 0.5) is 5.69 Å². The minimum Gasteiger partial charge on any atom is -0.492 e. The molecule has 0 aliphatic carbocycles. The molecule has 0 bridgehead atoms. The maximum Gasteiger partial charge on any atom is 0.348 e. The quantitative estimate of drug-likeness (QED) is 0.461. The van der Waals surface area contributed by atoms with Gasteiger partial charge < -0.3 is 18.9 Å². The van der Waals surface area contributed by atoms with Gasteiger partial charge in [-0.3, -0.25) is 10.1 Å². The number of nitro groups is 1. The first-order valence-electron chi connectivity index (χ1n) is 5.33. The van der Waals surface area contributed by atoms with Gasteiger partial charge in [0.05, 0.1) is 25.2 Å². The van der Waals surface area contributed by atoms with Crippen LogP contribution in [-0.2, 0) is 4.74 Å². The van der Waals surface area contributed by atoms with E-state index in [0.717, 1.165) is 13.2 Å². The first-order chi connectivity index (χ1) is 9.10. The van der Waals surface area contributed by atoms with E-state index in [1.54, 1.807) is 0 Å². The highest BCUT2D eigenvalue weighted by molar-refractivity contribution is 5.99. The smallest absolute Gasteiger partial charge is 0.348 e. The SMILES string of the molecule is COC(=O)c1c([N+](=O)[O-])cc(OC)c2c1OCCO2. The largest absolute Gasteiger partial charge is 0.492 e. The lowest BCUT2D eigenvalue weighted by Gasteiger charge is -2.22. The summed E-state index contributed by atoms with van der Waals surface area (Å²) in [5.74, 6) is -0.589. The number of carbonyl (C=O) groups excluding carboxylic acids is 1. The van der Waals surface area contributed by atoms with E-state index >= 15 is 0 Å². The van der Waals surface area contributed by atoms with Crippen molar-refractivity contribution in [3.63, 3.8) is 0 Å². The first kappa shape index (κ1) is 12.9. The maximum atomic E-state index is 11.7. The van der Waals surface area contributed by atoms with Gasteiger partial charge in [-0.05, 0) is 0 Å². The maximum absolute atomic E-state index is 11.7. The Morgan fingerprint density at radius 3 is 2.47 bits per heavy atom. The molecule has 2 rings (SSSR count). The number of hydrogen-bond donors (Lipinski definition) is 0. The zero-order valence-corrected chi connectivity index (χ0v) is 10.3. The third-order valence-electron chi connectivity index (χ3n) is 2.56.